The Bertz CT molecular complexity index is 444. The number of carbonyl (C=O) groups is 1. The Kier molecular flexibility index (Phi) is 7.23. The number of nitrogens with one attached hydrogen (secondary N) is 2. The molecule has 0 aromatic heterocycles. The molecule has 0 radical (unpaired) electrons. The Labute approximate surface area is 128 Å². The fourth-order valence-corrected chi connectivity index (χ4v) is 2.10. The Morgan fingerprint density at radius 1 is 1.24 bits per heavy atom. The number of rotatable bonds is 8. The summed E-state index contributed by atoms with van der Waals surface area (Å²) in [6.07, 6.45) is 2.61. The highest BCUT2D eigenvalue weighted by Crippen LogP contribution is 2.20. The third-order valence-electron chi connectivity index (χ3n) is 3.53. The van der Waals surface area contributed by atoms with Crippen LogP contribution in [0.4, 0.5) is 4.79 Å². The summed E-state index contributed by atoms with van der Waals surface area (Å²) in [4.78, 5) is 11.6. The SMILES string of the molecule is Cc1cccc(CCNC(=O)NCCCC(C)(C)CO)c1. The van der Waals surface area contributed by atoms with Crippen molar-refractivity contribution in [2.24, 2.45) is 5.41 Å². The molecule has 0 fully saturated rings. The molecule has 1 aromatic rings. The second-order valence-corrected chi connectivity index (χ2v) is 6.35. The Hall–Kier alpha value is -1.55. The molecule has 0 aliphatic heterocycles. The number of urea groups is 1. The predicted molar refractivity (Wildman–Crippen MR) is 86.4 cm³/mol. The van der Waals surface area contributed by atoms with Crippen molar-refractivity contribution in [1.29, 1.82) is 0 Å². The van der Waals surface area contributed by atoms with Gasteiger partial charge in [-0.2, -0.15) is 0 Å². The smallest absolute Gasteiger partial charge is 0.314 e. The summed E-state index contributed by atoms with van der Waals surface area (Å²) in [5.41, 5.74) is 2.41. The Morgan fingerprint density at radius 2 is 1.95 bits per heavy atom. The number of aryl methyl sites for hydroxylation is 1. The van der Waals surface area contributed by atoms with Gasteiger partial charge >= 0.3 is 6.03 Å². The number of hydrogen-bond donors (Lipinski definition) is 3. The van der Waals surface area contributed by atoms with Gasteiger partial charge in [0, 0.05) is 19.7 Å². The van der Waals surface area contributed by atoms with Crippen molar-refractivity contribution in [1.82, 2.24) is 10.6 Å². The van der Waals surface area contributed by atoms with Crippen LogP contribution < -0.4 is 10.6 Å². The van der Waals surface area contributed by atoms with E-state index in [1.807, 2.05) is 19.9 Å². The second kappa shape index (κ2) is 8.67. The third kappa shape index (κ3) is 7.71. The monoisotopic (exact) mass is 292 g/mol. The summed E-state index contributed by atoms with van der Waals surface area (Å²) in [6.45, 7) is 7.56. The highest BCUT2D eigenvalue weighted by molar-refractivity contribution is 5.73. The van der Waals surface area contributed by atoms with E-state index in [1.165, 1.54) is 11.1 Å². The first kappa shape index (κ1) is 17.5. The van der Waals surface area contributed by atoms with E-state index in [0.717, 1.165) is 19.3 Å². The number of aliphatic hydroxyl groups is 1. The van der Waals surface area contributed by atoms with Crippen molar-refractivity contribution in [3.63, 3.8) is 0 Å². The first-order chi connectivity index (χ1) is 9.93. The maximum Gasteiger partial charge on any atom is 0.314 e. The minimum absolute atomic E-state index is 0.0661. The molecule has 0 spiro atoms. The maximum atomic E-state index is 11.6. The molecule has 4 heteroatoms. The maximum absolute atomic E-state index is 11.6. The van der Waals surface area contributed by atoms with Crippen LogP contribution in [-0.4, -0.2) is 30.8 Å². The fraction of sp³-hybridized carbons (Fsp3) is 0.588. The molecular formula is C17H28N2O2. The van der Waals surface area contributed by atoms with E-state index in [9.17, 15) is 4.79 Å². The van der Waals surface area contributed by atoms with Crippen LogP contribution >= 0.6 is 0 Å². The number of hydrogen-bond acceptors (Lipinski definition) is 2. The summed E-state index contributed by atoms with van der Waals surface area (Å²) in [6, 6.07) is 8.19. The molecule has 4 nitrogen and oxygen atoms in total. The molecule has 0 saturated heterocycles. The lowest BCUT2D eigenvalue weighted by Crippen LogP contribution is -2.37. The summed E-state index contributed by atoms with van der Waals surface area (Å²) in [5, 5.41) is 14.9. The van der Waals surface area contributed by atoms with Crippen LogP contribution in [0.5, 0.6) is 0 Å². The minimum atomic E-state index is -0.121. The van der Waals surface area contributed by atoms with Gasteiger partial charge in [0.1, 0.15) is 0 Å². The van der Waals surface area contributed by atoms with Gasteiger partial charge in [0.25, 0.3) is 0 Å². The fourth-order valence-electron chi connectivity index (χ4n) is 2.10. The molecule has 0 bridgehead atoms. The molecule has 0 heterocycles. The van der Waals surface area contributed by atoms with Crippen LogP contribution in [-0.2, 0) is 6.42 Å². The van der Waals surface area contributed by atoms with E-state index in [1.54, 1.807) is 0 Å². The van der Waals surface area contributed by atoms with Gasteiger partial charge in [0.05, 0.1) is 0 Å². The van der Waals surface area contributed by atoms with Gasteiger partial charge in [0.15, 0.2) is 0 Å². The molecule has 0 atom stereocenters. The quantitative estimate of drug-likeness (QED) is 0.645. The molecule has 0 saturated carbocycles. The van der Waals surface area contributed by atoms with Crippen molar-refractivity contribution in [3.05, 3.63) is 35.4 Å². The number of aliphatic hydroxyl groups excluding tert-OH is 1. The van der Waals surface area contributed by atoms with E-state index in [2.05, 4.69) is 35.8 Å². The minimum Gasteiger partial charge on any atom is -0.396 e. The second-order valence-electron chi connectivity index (χ2n) is 6.35. The van der Waals surface area contributed by atoms with Crippen LogP contribution in [0, 0.1) is 12.3 Å². The van der Waals surface area contributed by atoms with E-state index in [-0.39, 0.29) is 18.1 Å². The average Bonchev–Trinajstić information content (AvgIpc) is 2.44. The highest BCUT2D eigenvalue weighted by atomic mass is 16.3. The van der Waals surface area contributed by atoms with Crippen molar-refractivity contribution >= 4 is 6.03 Å². The zero-order valence-corrected chi connectivity index (χ0v) is 13.4. The van der Waals surface area contributed by atoms with Crippen molar-refractivity contribution in [2.75, 3.05) is 19.7 Å². The van der Waals surface area contributed by atoms with E-state index in [0.29, 0.717) is 13.1 Å². The standard InChI is InChI=1S/C17H28N2O2/c1-14-6-4-7-15(12-14)8-11-19-16(21)18-10-5-9-17(2,3)13-20/h4,6-7,12,20H,5,8-11,13H2,1-3H3,(H2,18,19,21). The van der Waals surface area contributed by atoms with Gasteiger partial charge < -0.3 is 15.7 Å². The number of amides is 2. The molecule has 0 aliphatic rings. The lowest BCUT2D eigenvalue weighted by atomic mass is 9.89. The third-order valence-corrected chi connectivity index (χ3v) is 3.53. The molecule has 3 N–H and O–H groups in total. The van der Waals surface area contributed by atoms with Crippen molar-refractivity contribution in [2.45, 2.75) is 40.0 Å². The Balaban J connectivity index is 2.12. The van der Waals surface area contributed by atoms with Crippen LogP contribution in [0.1, 0.15) is 37.8 Å². The predicted octanol–water partition coefficient (Wildman–Crippen LogP) is 2.64. The molecule has 0 unspecified atom stereocenters. The zero-order chi connectivity index (χ0) is 15.7. The van der Waals surface area contributed by atoms with E-state index in [4.69, 9.17) is 5.11 Å². The van der Waals surface area contributed by atoms with Gasteiger partial charge in [-0.15, -0.1) is 0 Å². The number of carbonyl (C=O) groups excluding carboxylic acids is 1. The zero-order valence-electron chi connectivity index (χ0n) is 13.4. The molecule has 21 heavy (non-hydrogen) atoms. The summed E-state index contributed by atoms with van der Waals surface area (Å²) in [7, 11) is 0. The van der Waals surface area contributed by atoms with E-state index < -0.39 is 0 Å². The van der Waals surface area contributed by atoms with Gasteiger partial charge in [0.2, 0.25) is 0 Å². The van der Waals surface area contributed by atoms with Crippen molar-refractivity contribution < 1.29 is 9.90 Å². The summed E-state index contributed by atoms with van der Waals surface area (Å²) < 4.78 is 0. The van der Waals surface area contributed by atoms with Crippen LogP contribution in [0.2, 0.25) is 0 Å². The molecule has 0 aliphatic carbocycles. The topological polar surface area (TPSA) is 61.4 Å². The molecule has 118 valence electrons. The Morgan fingerprint density at radius 3 is 2.62 bits per heavy atom. The lowest BCUT2D eigenvalue weighted by Gasteiger charge is -2.21. The highest BCUT2D eigenvalue weighted by Gasteiger charge is 2.15. The van der Waals surface area contributed by atoms with Gasteiger partial charge in [-0.3, -0.25) is 0 Å². The lowest BCUT2D eigenvalue weighted by molar-refractivity contribution is 0.148. The van der Waals surface area contributed by atoms with Gasteiger partial charge in [-0.25, -0.2) is 4.79 Å². The van der Waals surface area contributed by atoms with Crippen molar-refractivity contribution in [3.8, 4) is 0 Å². The van der Waals surface area contributed by atoms with Gasteiger partial charge in [-0.05, 0) is 37.2 Å². The molecule has 1 rings (SSSR count). The molecule has 1 aromatic carbocycles. The summed E-state index contributed by atoms with van der Waals surface area (Å²) in [5.74, 6) is 0. The van der Waals surface area contributed by atoms with Crippen LogP contribution in [0.25, 0.3) is 0 Å². The van der Waals surface area contributed by atoms with Crippen LogP contribution in [0.3, 0.4) is 0 Å². The average molecular weight is 292 g/mol. The largest absolute Gasteiger partial charge is 0.396 e. The van der Waals surface area contributed by atoms with Gasteiger partial charge in [-0.1, -0.05) is 43.7 Å². The van der Waals surface area contributed by atoms with Crippen LogP contribution in [0.15, 0.2) is 24.3 Å². The molecular weight excluding hydrogens is 264 g/mol. The summed E-state index contributed by atoms with van der Waals surface area (Å²) >= 11 is 0. The first-order valence-corrected chi connectivity index (χ1v) is 7.61. The molecule has 2 amide bonds. The first-order valence-electron chi connectivity index (χ1n) is 7.61. The number of benzene rings is 1. The van der Waals surface area contributed by atoms with E-state index >= 15 is 0 Å². The normalized spacial score (nSPS) is 11.2.